The molecule has 1 aliphatic heterocycles. The Bertz CT molecular complexity index is 1210. The fraction of sp³-hybridized carbons (Fsp3) is 0.259. The zero-order valence-corrected chi connectivity index (χ0v) is 18.4. The monoisotopic (exact) mass is 443 g/mol. The Labute approximate surface area is 192 Å². The molecule has 168 valence electrons. The molecule has 1 fully saturated rings. The maximum Gasteiger partial charge on any atom is 0.251 e. The Kier molecular flexibility index (Phi) is 5.84. The second-order valence-corrected chi connectivity index (χ2v) is 8.25. The van der Waals surface area contributed by atoms with Crippen LogP contribution in [-0.2, 0) is 11.3 Å². The van der Waals surface area contributed by atoms with Gasteiger partial charge in [-0.3, -0.25) is 9.59 Å². The number of rotatable bonds is 7. The number of fused-ring (bicyclic) bond motifs is 3. The SMILES string of the molecule is COc1cc(CNC(=O)c2ccc3c(c2)C(=O)c2ccccc2-3)ccc1OCC1CCCO1. The molecular formula is C27H25NO5. The van der Waals surface area contributed by atoms with Crippen molar-refractivity contribution in [3.63, 3.8) is 0 Å². The average molecular weight is 443 g/mol. The van der Waals surface area contributed by atoms with Gasteiger partial charge in [-0.2, -0.15) is 0 Å². The summed E-state index contributed by atoms with van der Waals surface area (Å²) in [5.41, 5.74) is 4.37. The Morgan fingerprint density at radius 1 is 1.00 bits per heavy atom. The van der Waals surface area contributed by atoms with Gasteiger partial charge in [0.05, 0.1) is 13.2 Å². The summed E-state index contributed by atoms with van der Waals surface area (Å²) in [5.74, 6) is 0.984. The van der Waals surface area contributed by atoms with Gasteiger partial charge < -0.3 is 19.5 Å². The largest absolute Gasteiger partial charge is 0.493 e. The van der Waals surface area contributed by atoms with Crippen molar-refractivity contribution in [3.8, 4) is 22.6 Å². The quantitative estimate of drug-likeness (QED) is 0.459. The van der Waals surface area contributed by atoms with Gasteiger partial charge in [0, 0.05) is 29.8 Å². The van der Waals surface area contributed by atoms with Gasteiger partial charge in [0.15, 0.2) is 17.3 Å². The van der Waals surface area contributed by atoms with Crippen molar-refractivity contribution < 1.29 is 23.8 Å². The van der Waals surface area contributed by atoms with Crippen molar-refractivity contribution in [1.82, 2.24) is 5.32 Å². The van der Waals surface area contributed by atoms with Crippen molar-refractivity contribution in [2.75, 3.05) is 20.3 Å². The fourth-order valence-corrected chi connectivity index (χ4v) is 4.35. The van der Waals surface area contributed by atoms with Crippen molar-refractivity contribution >= 4 is 11.7 Å². The molecule has 3 aromatic carbocycles. The van der Waals surface area contributed by atoms with E-state index in [-0.39, 0.29) is 17.8 Å². The van der Waals surface area contributed by atoms with Crippen molar-refractivity contribution in [2.45, 2.75) is 25.5 Å². The first-order valence-electron chi connectivity index (χ1n) is 11.1. The third-order valence-corrected chi connectivity index (χ3v) is 6.12. The highest BCUT2D eigenvalue weighted by atomic mass is 16.5. The van der Waals surface area contributed by atoms with Gasteiger partial charge in [-0.05, 0) is 53.8 Å². The minimum Gasteiger partial charge on any atom is -0.493 e. The van der Waals surface area contributed by atoms with Crippen LogP contribution in [0.2, 0.25) is 0 Å². The van der Waals surface area contributed by atoms with Crippen LogP contribution < -0.4 is 14.8 Å². The zero-order valence-electron chi connectivity index (χ0n) is 18.4. The molecule has 1 amide bonds. The molecule has 6 nitrogen and oxygen atoms in total. The third kappa shape index (κ3) is 4.22. The highest BCUT2D eigenvalue weighted by molar-refractivity contribution is 6.22. The van der Waals surface area contributed by atoms with E-state index in [1.807, 2.05) is 48.5 Å². The normalized spacial score (nSPS) is 16.3. The van der Waals surface area contributed by atoms with Gasteiger partial charge in [0.25, 0.3) is 5.91 Å². The van der Waals surface area contributed by atoms with Gasteiger partial charge in [0.2, 0.25) is 0 Å². The molecule has 1 saturated heterocycles. The van der Waals surface area contributed by atoms with Gasteiger partial charge in [0.1, 0.15) is 6.61 Å². The number of methoxy groups -OCH3 is 1. The van der Waals surface area contributed by atoms with E-state index in [1.54, 1.807) is 19.2 Å². The van der Waals surface area contributed by atoms with Crippen LogP contribution in [0.4, 0.5) is 0 Å². The van der Waals surface area contributed by atoms with E-state index in [0.717, 1.165) is 36.1 Å². The van der Waals surface area contributed by atoms with Gasteiger partial charge >= 0.3 is 0 Å². The first kappa shape index (κ1) is 21.2. The summed E-state index contributed by atoms with van der Waals surface area (Å²) in [6, 6.07) is 18.4. The first-order chi connectivity index (χ1) is 16.1. The van der Waals surface area contributed by atoms with Gasteiger partial charge in [-0.1, -0.05) is 36.4 Å². The maximum absolute atomic E-state index is 12.8. The lowest BCUT2D eigenvalue weighted by atomic mass is 10.0. The topological polar surface area (TPSA) is 73.9 Å². The Morgan fingerprint density at radius 2 is 1.82 bits per heavy atom. The summed E-state index contributed by atoms with van der Waals surface area (Å²) < 4.78 is 16.9. The Hall–Kier alpha value is -3.64. The van der Waals surface area contributed by atoms with Crippen LogP contribution in [0.15, 0.2) is 60.7 Å². The number of hydrogen-bond acceptors (Lipinski definition) is 5. The van der Waals surface area contributed by atoms with E-state index in [1.165, 1.54) is 0 Å². The van der Waals surface area contributed by atoms with Crippen LogP contribution in [0.1, 0.15) is 44.7 Å². The predicted octanol–water partition coefficient (Wildman–Crippen LogP) is 4.39. The smallest absolute Gasteiger partial charge is 0.251 e. The summed E-state index contributed by atoms with van der Waals surface area (Å²) in [6.45, 7) is 1.61. The van der Waals surface area contributed by atoms with Crippen molar-refractivity contribution in [2.24, 2.45) is 0 Å². The number of hydrogen-bond donors (Lipinski definition) is 1. The molecule has 1 N–H and O–H groups in total. The van der Waals surface area contributed by atoms with E-state index in [2.05, 4.69) is 5.32 Å². The fourth-order valence-electron chi connectivity index (χ4n) is 4.35. The van der Waals surface area contributed by atoms with Crippen molar-refractivity contribution in [3.05, 3.63) is 82.9 Å². The maximum atomic E-state index is 12.8. The molecule has 1 heterocycles. The molecule has 0 radical (unpaired) electrons. The number of carbonyl (C=O) groups excluding carboxylic acids is 2. The lowest BCUT2D eigenvalue weighted by Crippen LogP contribution is -2.23. The standard InChI is InChI=1S/C27H25NO5/c1-31-25-13-17(8-11-24(25)33-16-19-5-4-12-32-19)15-28-27(30)18-9-10-21-20-6-2-3-7-22(20)26(29)23(21)14-18/h2-3,6-11,13-14,19H,4-5,12,15-16H2,1H3,(H,28,30). The molecule has 6 heteroatoms. The van der Waals surface area contributed by atoms with Crippen LogP contribution in [0, 0.1) is 0 Å². The molecule has 33 heavy (non-hydrogen) atoms. The summed E-state index contributed by atoms with van der Waals surface area (Å²) in [6.07, 6.45) is 2.20. The lowest BCUT2D eigenvalue weighted by molar-refractivity contribution is 0.0669. The predicted molar refractivity (Wildman–Crippen MR) is 124 cm³/mol. The number of ether oxygens (including phenoxy) is 3. The third-order valence-electron chi connectivity index (χ3n) is 6.12. The Balaban J connectivity index is 1.24. The first-order valence-corrected chi connectivity index (χ1v) is 11.1. The molecule has 0 saturated carbocycles. The van der Waals surface area contributed by atoms with E-state index in [4.69, 9.17) is 14.2 Å². The zero-order chi connectivity index (χ0) is 22.8. The van der Waals surface area contributed by atoms with Gasteiger partial charge in [-0.25, -0.2) is 0 Å². The van der Waals surface area contributed by atoms with Gasteiger partial charge in [-0.15, -0.1) is 0 Å². The molecule has 3 aromatic rings. The number of carbonyl (C=O) groups is 2. The summed E-state index contributed by atoms with van der Waals surface area (Å²) >= 11 is 0. The number of amides is 1. The van der Waals surface area contributed by atoms with E-state index in [9.17, 15) is 9.59 Å². The summed E-state index contributed by atoms with van der Waals surface area (Å²) in [5, 5.41) is 2.92. The van der Waals surface area contributed by atoms with Crippen LogP contribution in [0.3, 0.4) is 0 Å². The molecule has 0 spiro atoms. The van der Waals surface area contributed by atoms with E-state index in [0.29, 0.717) is 41.3 Å². The minimum atomic E-state index is -0.237. The molecule has 0 bridgehead atoms. The molecule has 5 rings (SSSR count). The lowest BCUT2D eigenvalue weighted by Gasteiger charge is -2.15. The molecule has 1 aliphatic carbocycles. The molecule has 1 atom stereocenters. The summed E-state index contributed by atoms with van der Waals surface area (Å²) in [7, 11) is 1.59. The summed E-state index contributed by atoms with van der Waals surface area (Å²) in [4.78, 5) is 25.5. The Morgan fingerprint density at radius 3 is 2.61 bits per heavy atom. The number of ketones is 1. The van der Waals surface area contributed by atoms with Crippen LogP contribution in [0.25, 0.3) is 11.1 Å². The number of nitrogens with one attached hydrogen (secondary N) is 1. The van der Waals surface area contributed by atoms with Crippen LogP contribution in [0.5, 0.6) is 11.5 Å². The van der Waals surface area contributed by atoms with E-state index < -0.39 is 0 Å². The second kappa shape index (κ2) is 9.08. The van der Waals surface area contributed by atoms with Crippen LogP contribution in [-0.4, -0.2) is 38.1 Å². The average Bonchev–Trinajstić information content (AvgIpc) is 3.48. The molecule has 0 aromatic heterocycles. The molecule has 2 aliphatic rings. The number of benzene rings is 3. The van der Waals surface area contributed by atoms with E-state index >= 15 is 0 Å². The minimum absolute atomic E-state index is 0.0430. The molecule has 1 unspecified atom stereocenters. The highest BCUT2D eigenvalue weighted by Gasteiger charge is 2.27. The second-order valence-electron chi connectivity index (χ2n) is 8.25. The highest BCUT2D eigenvalue weighted by Crippen LogP contribution is 2.36. The van der Waals surface area contributed by atoms with Crippen LogP contribution >= 0.6 is 0 Å². The van der Waals surface area contributed by atoms with Crippen molar-refractivity contribution in [1.29, 1.82) is 0 Å². The molecular weight excluding hydrogens is 418 g/mol.